The van der Waals surface area contributed by atoms with Crippen LogP contribution in [0.2, 0.25) is 0 Å². The molecule has 0 bridgehead atoms. The first-order chi connectivity index (χ1) is 40.2. The van der Waals surface area contributed by atoms with Gasteiger partial charge in [0.1, 0.15) is 165 Å². The first-order valence-electron chi connectivity index (χ1n) is 27.0. The zero-order chi connectivity index (χ0) is 62.6. The fourth-order valence-corrected chi connectivity index (χ4v) is 10.8. The topological polar surface area (TPSA) is 592 Å². The van der Waals surface area contributed by atoms with Crippen LogP contribution in [0.15, 0.2) is 0 Å². The Balaban J connectivity index is 1.25. The summed E-state index contributed by atoms with van der Waals surface area (Å²) in [6, 6.07) is -5.06. The summed E-state index contributed by atoms with van der Waals surface area (Å²) in [6.45, 7) is -3.72. The van der Waals surface area contributed by atoms with Crippen LogP contribution in [0.3, 0.4) is 0 Å². The minimum absolute atomic E-state index is 0.742. The third-order valence-corrected chi connectivity index (χ3v) is 15.3. The first-order valence-corrected chi connectivity index (χ1v) is 27.0. The quantitative estimate of drug-likeness (QED) is 0.0507. The lowest BCUT2D eigenvalue weighted by molar-refractivity contribution is -0.407. The van der Waals surface area contributed by atoms with Gasteiger partial charge in [0.15, 0.2) is 44.0 Å². The Morgan fingerprint density at radius 3 is 1.28 bits per heavy atom. The van der Waals surface area contributed by atoms with Crippen molar-refractivity contribution in [3.63, 3.8) is 0 Å². The van der Waals surface area contributed by atoms with Crippen molar-refractivity contribution in [3.05, 3.63) is 0 Å². The molecule has 7 saturated heterocycles. The van der Waals surface area contributed by atoms with Crippen LogP contribution in [0.25, 0.3) is 0 Å². The van der Waals surface area contributed by atoms with E-state index in [0.29, 0.717) is 0 Å². The van der Waals surface area contributed by atoms with Gasteiger partial charge in [0.2, 0.25) is 17.7 Å². The Hall–Kier alpha value is -2.87. The molecule has 7 aliphatic rings. The summed E-state index contributed by atoms with van der Waals surface area (Å²) in [7, 11) is 0. The predicted octanol–water partition coefficient (Wildman–Crippen LogP) is -15.2. The Kier molecular flexibility index (Phi) is 24.8. The Bertz CT molecular complexity index is 2130. The van der Waals surface area contributed by atoms with Crippen LogP contribution < -0.4 is 16.0 Å². The maximum atomic E-state index is 12.8. The van der Waals surface area contributed by atoms with Crippen molar-refractivity contribution in [2.24, 2.45) is 0 Å². The molecule has 38 heteroatoms. The molecule has 0 aliphatic carbocycles. The number of aliphatic hydroxyl groups is 19. The molecular weight excluding hydrogens is 1170 g/mol. The van der Waals surface area contributed by atoms with Crippen LogP contribution in [0.5, 0.6) is 0 Å². The summed E-state index contributed by atoms with van der Waals surface area (Å²) in [4.78, 5) is 37.0. The van der Waals surface area contributed by atoms with Crippen molar-refractivity contribution < 1.29 is 173 Å². The van der Waals surface area contributed by atoms with Crippen molar-refractivity contribution in [2.75, 3.05) is 46.2 Å². The minimum atomic E-state index is -2.37. The van der Waals surface area contributed by atoms with E-state index in [4.69, 9.17) is 61.6 Å². The highest BCUT2D eigenvalue weighted by Gasteiger charge is 2.59. The van der Waals surface area contributed by atoms with Crippen LogP contribution in [0, 0.1) is 0 Å². The number of carbonyl (C=O) groups excluding carboxylic acids is 3. The van der Waals surface area contributed by atoms with Gasteiger partial charge in [-0.05, 0) is 0 Å². The number of ether oxygens (including phenoxy) is 13. The first kappa shape index (κ1) is 69.6. The normalized spacial score (nSPS) is 48.9. The molecule has 38 nitrogen and oxygen atoms in total. The molecule has 0 radical (unpaired) electrons. The standard InChI is InChI=1S/C47H79N3O35/c1-11(56)48-21-29(65)36(17(6-53)75-41(21)72)81-43-23(50-13(3)58)30(66)37(18(7-54)78-43)83-47-40(85-45-33(69)24(60)14(59)9-73-45)39(27(63)20(80-47)10-74-44-34(70)31(67)26(62)16(5-52)77-44)84-46-35(71)32(68)38(19(8-55)79-46)82-42-22(49-12(2)57)28(64)25(61)15(4-51)76-42/h14-47,51-55,59-72H,4-10H2,1-3H3,(H,48,56)(H,49,57)(H,50,58)/t14-,15-,16-,17-,18-,19-,20-,21-,22-,23-,24+,25-,26-,27-,28-,29-,30-,31+,32-,33-,34+,35+,36-,37-,38-,39+,40+,41-,42+,43+,44+,45+,46-,47+/m1/s1. The number of rotatable bonds is 21. The van der Waals surface area contributed by atoms with Gasteiger partial charge >= 0.3 is 0 Å². The van der Waals surface area contributed by atoms with Crippen molar-refractivity contribution in [2.45, 2.75) is 229 Å². The van der Waals surface area contributed by atoms with Crippen LogP contribution in [0.4, 0.5) is 0 Å². The molecule has 7 heterocycles. The summed E-state index contributed by atoms with van der Waals surface area (Å²) < 4.78 is 76.3. The van der Waals surface area contributed by atoms with E-state index in [9.17, 15) is 111 Å². The molecule has 85 heavy (non-hydrogen) atoms. The molecule has 0 aromatic carbocycles. The number of aliphatic hydroxyl groups excluding tert-OH is 19. The summed E-state index contributed by atoms with van der Waals surface area (Å²) in [5.41, 5.74) is 0. The van der Waals surface area contributed by atoms with E-state index in [-0.39, 0.29) is 0 Å². The van der Waals surface area contributed by atoms with Crippen LogP contribution in [-0.4, -0.2) is 370 Å². The maximum Gasteiger partial charge on any atom is 0.217 e. The van der Waals surface area contributed by atoms with E-state index in [0.717, 1.165) is 20.8 Å². The Morgan fingerprint density at radius 2 is 0.741 bits per heavy atom. The van der Waals surface area contributed by atoms with Crippen LogP contribution in [0.1, 0.15) is 20.8 Å². The van der Waals surface area contributed by atoms with Crippen molar-refractivity contribution in [1.82, 2.24) is 16.0 Å². The number of hydrogen-bond donors (Lipinski definition) is 22. The van der Waals surface area contributed by atoms with Gasteiger partial charge in [0.25, 0.3) is 0 Å². The van der Waals surface area contributed by atoms with E-state index >= 15 is 0 Å². The second-order valence-corrected chi connectivity index (χ2v) is 21.4. The number of carbonyl (C=O) groups is 3. The second kappa shape index (κ2) is 30.3. The van der Waals surface area contributed by atoms with E-state index in [1.807, 2.05) is 0 Å². The van der Waals surface area contributed by atoms with Crippen molar-refractivity contribution in [1.29, 1.82) is 0 Å². The second-order valence-electron chi connectivity index (χ2n) is 21.4. The highest BCUT2D eigenvalue weighted by Crippen LogP contribution is 2.38. The number of nitrogens with one attached hydrogen (secondary N) is 3. The largest absolute Gasteiger partial charge is 0.394 e. The van der Waals surface area contributed by atoms with E-state index in [1.165, 1.54) is 0 Å². The van der Waals surface area contributed by atoms with Gasteiger partial charge in [-0.15, -0.1) is 0 Å². The van der Waals surface area contributed by atoms with E-state index < -0.39 is 273 Å². The Morgan fingerprint density at radius 1 is 0.353 bits per heavy atom. The maximum absolute atomic E-state index is 12.8. The molecule has 3 amide bonds. The zero-order valence-electron chi connectivity index (χ0n) is 45.6. The van der Waals surface area contributed by atoms with E-state index in [2.05, 4.69) is 16.0 Å². The van der Waals surface area contributed by atoms with Gasteiger partial charge in [-0.1, -0.05) is 0 Å². The molecule has 0 aromatic rings. The SMILES string of the molecule is CC(=O)N[C@@H]1[C@@H](O)[C@H](O[C@@H]2O[C@H](CO)[C@@H](O[C@@H]3O[C@H](CO[C@H]4O[C@H](CO)[C@@H](O)[C@H](O)[C@@H]4O)[C@@H](O)[C@H](O[C@H]4O[C@H](CO)[C@@H](O[C@@H]5O[C@H](CO)[C@@H](O)[C@H](O)[C@H]5NC(C)=O)[C@H](O)[C@@H]4O)[C@@H]3O[C@@H]3OC[C@@H](O)[C@H](O)[C@H]3O)[C@H](O)[C@H]2NC(C)=O)[C@@H](CO)O[C@H]1O. The third kappa shape index (κ3) is 15.5. The molecule has 0 unspecified atom stereocenters. The zero-order valence-corrected chi connectivity index (χ0v) is 45.6. The molecule has 7 rings (SSSR count). The Labute approximate surface area is 481 Å². The average Bonchev–Trinajstić information content (AvgIpc) is 3.28. The fraction of sp³-hybridized carbons (Fsp3) is 0.936. The van der Waals surface area contributed by atoms with Crippen LogP contribution in [-0.2, 0) is 76.0 Å². The average molecular weight is 1250 g/mol. The monoisotopic (exact) mass is 1250 g/mol. The molecule has 7 aliphatic heterocycles. The van der Waals surface area contributed by atoms with E-state index in [1.54, 1.807) is 0 Å². The van der Waals surface area contributed by atoms with Crippen LogP contribution >= 0.6 is 0 Å². The summed E-state index contributed by atoms with van der Waals surface area (Å²) in [5.74, 6) is -2.42. The van der Waals surface area contributed by atoms with Gasteiger partial charge in [0.05, 0.1) is 46.2 Å². The lowest BCUT2D eigenvalue weighted by Gasteiger charge is -2.51. The fourth-order valence-electron chi connectivity index (χ4n) is 10.8. The van der Waals surface area contributed by atoms with Gasteiger partial charge < -0.3 is 175 Å². The molecule has 0 aromatic heterocycles. The van der Waals surface area contributed by atoms with Gasteiger partial charge in [-0.2, -0.15) is 0 Å². The molecule has 0 saturated carbocycles. The van der Waals surface area contributed by atoms with Gasteiger partial charge in [0, 0.05) is 20.8 Å². The molecule has 7 fully saturated rings. The summed E-state index contributed by atoms with van der Waals surface area (Å²) in [6.07, 6.45) is -61.4. The van der Waals surface area contributed by atoms with Crippen molar-refractivity contribution in [3.8, 4) is 0 Å². The highest BCUT2D eigenvalue weighted by atomic mass is 16.8. The number of hydrogen-bond acceptors (Lipinski definition) is 35. The highest BCUT2D eigenvalue weighted by molar-refractivity contribution is 5.74. The molecule has 492 valence electrons. The summed E-state index contributed by atoms with van der Waals surface area (Å²) >= 11 is 0. The molecule has 34 atom stereocenters. The molecular formula is C47H79N3O35. The minimum Gasteiger partial charge on any atom is -0.394 e. The smallest absolute Gasteiger partial charge is 0.217 e. The molecule has 0 spiro atoms. The molecule has 22 N–H and O–H groups in total. The summed E-state index contributed by atoms with van der Waals surface area (Å²) in [5, 5.41) is 214. The van der Waals surface area contributed by atoms with Crippen molar-refractivity contribution >= 4 is 17.7 Å². The third-order valence-electron chi connectivity index (χ3n) is 15.3. The van der Waals surface area contributed by atoms with Gasteiger partial charge in [-0.3, -0.25) is 14.4 Å². The van der Waals surface area contributed by atoms with Gasteiger partial charge in [-0.25, -0.2) is 0 Å². The number of amides is 3. The predicted molar refractivity (Wildman–Crippen MR) is 261 cm³/mol. The lowest BCUT2D eigenvalue weighted by Crippen LogP contribution is -2.71. The lowest BCUT2D eigenvalue weighted by atomic mass is 9.93.